The summed E-state index contributed by atoms with van der Waals surface area (Å²) in [6.07, 6.45) is 6.45. The quantitative estimate of drug-likeness (QED) is 0.692. The third kappa shape index (κ3) is 3.35. The number of hydrogen-bond acceptors (Lipinski definition) is 6. The largest absolute Gasteiger partial charge is 0.332 e. The van der Waals surface area contributed by atoms with Crippen LogP contribution in [0.15, 0.2) is 49.2 Å². The maximum absolute atomic E-state index is 12.4. The predicted molar refractivity (Wildman–Crippen MR) is 85.0 cm³/mol. The summed E-state index contributed by atoms with van der Waals surface area (Å²) in [5.74, 6) is 0. The zero-order chi connectivity index (χ0) is 16.8. The van der Waals surface area contributed by atoms with Gasteiger partial charge in [0, 0.05) is 0 Å². The van der Waals surface area contributed by atoms with E-state index in [0.29, 0.717) is 17.8 Å². The molecule has 3 aromatic rings. The maximum atomic E-state index is 12.4. The molecule has 24 heavy (non-hydrogen) atoms. The van der Waals surface area contributed by atoms with Gasteiger partial charge >= 0.3 is 0 Å². The van der Waals surface area contributed by atoms with Crippen LogP contribution in [-0.4, -0.2) is 31.6 Å². The van der Waals surface area contributed by atoms with Gasteiger partial charge in [-0.15, -0.1) is 5.10 Å². The maximum Gasteiger partial charge on any atom is 0.115 e. The fourth-order valence-corrected chi connectivity index (χ4v) is 2.32. The molecule has 0 N–H and O–H groups in total. The lowest BCUT2D eigenvalue weighted by Crippen LogP contribution is -2.18. The molecule has 8 heteroatoms. The summed E-state index contributed by atoms with van der Waals surface area (Å²) >= 11 is 0. The number of hydrogen-bond donors (Lipinski definition) is 0. The third-order valence-corrected chi connectivity index (χ3v) is 3.39. The Balaban J connectivity index is 1.98. The molecule has 0 saturated heterocycles. The minimum atomic E-state index is -0.504. The second-order valence-electron chi connectivity index (χ2n) is 4.97. The number of nitriles is 1. The van der Waals surface area contributed by atoms with Crippen LogP contribution in [0.3, 0.4) is 0 Å². The number of nitrogens with zero attached hydrogens (tertiary/aromatic N) is 7. The summed E-state index contributed by atoms with van der Waals surface area (Å²) in [5.41, 5.74) is 2.62. The van der Waals surface area contributed by atoms with Gasteiger partial charge < -0.3 is 4.90 Å². The van der Waals surface area contributed by atoms with E-state index in [0.717, 1.165) is 11.4 Å². The Kier molecular flexibility index (Phi) is 4.72. The Morgan fingerprint density at radius 2 is 2.00 bits per heavy atom. The molecule has 2 aromatic heterocycles. The van der Waals surface area contributed by atoms with Crippen LogP contribution in [0.25, 0.3) is 0 Å². The Bertz CT molecular complexity index is 841. The number of halogens is 1. The highest BCUT2D eigenvalue weighted by Crippen LogP contribution is 2.28. The molecule has 0 aliphatic carbocycles. The Morgan fingerprint density at radius 3 is 2.75 bits per heavy atom. The number of rotatable bonds is 6. The number of aryl methyl sites for hydroxylation is 1. The van der Waals surface area contributed by atoms with Crippen molar-refractivity contribution in [3.63, 3.8) is 0 Å². The number of para-hydroxylation sites is 1. The summed E-state index contributed by atoms with van der Waals surface area (Å²) < 4.78 is 13.9. The summed E-state index contributed by atoms with van der Waals surface area (Å²) in [7, 11) is 0. The van der Waals surface area contributed by atoms with Crippen molar-refractivity contribution < 1.29 is 4.39 Å². The molecular formula is C16H14FN7. The Labute approximate surface area is 138 Å². The lowest BCUT2D eigenvalue weighted by atomic mass is 10.1. The van der Waals surface area contributed by atoms with Crippen LogP contribution < -0.4 is 4.90 Å². The first-order valence-electron chi connectivity index (χ1n) is 7.28. The van der Waals surface area contributed by atoms with Gasteiger partial charge in [-0.3, -0.25) is 0 Å². The smallest absolute Gasteiger partial charge is 0.115 e. The molecule has 0 aliphatic rings. The van der Waals surface area contributed by atoms with Crippen LogP contribution in [0.5, 0.6) is 0 Å². The Hall–Kier alpha value is -3.34. The predicted octanol–water partition coefficient (Wildman–Crippen LogP) is 2.25. The van der Waals surface area contributed by atoms with Crippen LogP contribution in [0.2, 0.25) is 0 Å². The monoisotopic (exact) mass is 323 g/mol. The van der Waals surface area contributed by atoms with Crippen LogP contribution in [0.1, 0.15) is 11.3 Å². The zero-order valence-corrected chi connectivity index (χ0v) is 12.7. The highest BCUT2D eigenvalue weighted by atomic mass is 19.1. The normalized spacial score (nSPS) is 10.3. The van der Waals surface area contributed by atoms with Crippen molar-refractivity contribution in [2.45, 2.75) is 13.1 Å². The lowest BCUT2D eigenvalue weighted by molar-refractivity contribution is 0.422. The minimum Gasteiger partial charge on any atom is -0.332 e. The van der Waals surface area contributed by atoms with Gasteiger partial charge in [-0.05, 0) is 12.1 Å². The molecule has 0 fully saturated rings. The summed E-state index contributed by atoms with van der Waals surface area (Å²) in [6.45, 7) is 0.0187. The fourth-order valence-electron chi connectivity index (χ4n) is 2.32. The van der Waals surface area contributed by atoms with Gasteiger partial charge in [-0.25, -0.2) is 19.0 Å². The number of anilines is 2. The van der Waals surface area contributed by atoms with E-state index < -0.39 is 6.67 Å². The van der Waals surface area contributed by atoms with Gasteiger partial charge in [0.25, 0.3) is 0 Å². The number of benzene rings is 1. The van der Waals surface area contributed by atoms with Crippen molar-refractivity contribution in [1.29, 1.82) is 5.26 Å². The average molecular weight is 323 g/mol. The van der Waals surface area contributed by atoms with Crippen molar-refractivity contribution in [2.24, 2.45) is 0 Å². The summed E-state index contributed by atoms with van der Waals surface area (Å²) in [6, 6.07) is 9.43. The van der Waals surface area contributed by atoms with Crippen LogP contribution in [0, 0.1) is 11.3 Å². The molecule has 7 nitrogen and oxygen atoms in total. The molecule has 0 unspecified atom stereocenters. The second-order valence-corrected chi connectivity index (χ2v) is 4.97. The molecule has 2 heterocycles. The molecular weight excluding hydrogens is 309 g/mol. The third-order valence-electron chi connectivity index (χ3n) is 3.39. The minimum absolute atomic E-state index is 0.163. The van der Waals surface area contributed by atoms with Gasteiger partial charge in [0.15, 0.2) is 0 Å². The first-order valence-corrected chi connectivity index (χ1v) is 7.28. The lowest BCUT2D eigenvalue weighted by Gasteiger charge is -2.24. The topological polar surface area (TPSA) is 83.5 Å². The summed E-state index contributed by atoms with van der Waals surface area (Å²) in [5, 5.41) is 17.3. The molecule has 0 aliphatic heterocycles. The highest BCUT2D eigenvalue weighted by molar-refractivity contribution is 5.68. The van der Waals surface area contributed by atoms with E-state index in [-0.39, 0.29) is 6.54 Å². The van der Waals surface area contributed by atoms with Crippen molar-refractivity contribution in [1.82, 2.24) is 25.0 Å². The van der Waals surface area contributed by atoms with Gasteiger partial charge in [-0.1, -0.05) is 17.3 Å². The van der Waals surface area contributed by atoms with Crippen molar-refractivity contribution in [3.8, 4) is 6.07 Å². The Morgan fingerprint density at radius 1 is 1.21 bits per heavy atom. The highest BCUT2D eigenvalue weighted by Gasteiger charge is 2.16. The zero-order valence-electron chi connectivity index (χ0n) is 12.7. The molecule has 0 radical (unpaired) electrons. The molecule has 0 bridgehead atoms. The number of aromatic nitrogens is 5. The van der Waals surface area contributed by atoms with Gasteiger partial charge in [0.1, 0.15) is 24.8 Å². The van der Waals surface area contributed by atoms with E-state index in [9.17, 15) is 9.65 Å². The number of alkyl halides is 1. The molecule has 0 atom stereocenters. The van der Waals surface area contributed by atoms with E-state index in [1.165, 1.54) is 11.0 Å². The SMILES string of the molecule is N#Cc1ccccc1N(Cc1cn(CCF)nn1)c1cncnc1. The first kappa shape index (κ1) is 15.6. The van der Waals surface area contributed by atoms with Crippen LogP contribution in [0.4, 0.5) is 15.8 Å². The molecule has 120 valence electrons. The van der Waals surface area contributed by atoms with E-state index >= 15 is 0 Å². The first-order chi connectivity index (χ1) is 11.8. The van der Waals surface area contributed by atoms with Crippen molar-refractivity contribution in [2.75, 3.05) is 11.6 Å². The second kappa shape index (κ2) is 7.28. The molecule has 1 aromatic carbocycles. The summed E-state index contributed by atoms with van der Waals surface area (Å²) in [4.78, 5) is 9.95. The van der Waals surface area contributed by atoms with E-state index in [4.69, 9.17) is 0 Å². The van der Waals surface area contributed by atoms with Crippen molar-refractivity contribution >= 4 is 11.4 Å². The standard InChI is InChI=1S/C16H14FN7/c17-5-6-23-10-14(21-22-23)11-24(15-8-19-12-20-9-15)16-4-2-1-3-13(16)7-18/h1-4,8-10,12H,5-6,11H2. The molecule has 3 rings (SSSR count). The fraction of sp³-hybridized carbons (Fsp3) is 0.188. The van der Waals surface area contributed by atoms with Crippen LogP contribution in [-0.2, 0) is 13.1 Å². The van der Waals surface area contributed by atoms with Gasteiger partial charge in [0.05, 0.1) is 48.6 Å². The molecule has 0 spiro atoms. The van der Waals surface area contributed by atoms with Gasteiger partial charge in [-0.2, -0.15) is 5.26 Å². The average Bonchev–Trinajstić information content (AvgIpc) is 3.08. The van der Waals surface area contributed by atoms with Gasteiger partial charge in [0.2, 0.25) is 0 Å². The van der Waals surface area contributed by atoms with Crippen LogP contribution >= 0.6 is 0 Å². The molecule has 0 amide bonds. The van der Waals surface area contributed by atoms with Crippen molar-refractivity contribution in [3.05, 3.63) is 60.4 Å². The van der Waals surface area contributed by atoms with E-state index in [1.807, 2.05) is 17.0 Å². The molecule has 0 saturated carbocycles. The van der Waals surface area contributed by atoms with E-state index in [2.05, 4.69) is 26.3 Å². The van der Waals surface area contributed by atoms with E-state index in [1.54, 1.807) is 30.7 Å².